The first-order valence-corrected chi connectivity index (χ1v) is 8.69. The Hall–Kier alpha value is -1.06. The quantitative estimate of drug-likeness (QED) is 0.765. The van der Waals surface area contributed by atoms with Crippen LogP contribution in [-0.4, -0.2) is 24.5 Å². The molecule has 128 valence electrons. The summed E-state index contributed by atoms with van der Waals surface area (Å²) in [6.07, 6.45) is 3.21. The van der Waals surface area contributed by atoms with Crippen LogP contribution in [0, 0.1) is 29.6 Å². The van der Waals surface area contributed by atoms with E-state index in [4.69, 9.17) is 4.74 Å². The predicted molar refractivity (Wildman–Crippen MR) is 88.2 cm³/mol. The highest BCUT2D eigenvalue weighted by Gasteiger charge is 2.36. The second-order valence-electron chi connectivity index (χ2n) is 7.69. The molecule has 0 aromatic rings. The zero-order valence-corrected chi connectivity index (χ0v) is 15.0. The lowest BCUT2D eigenvalue weighted by atomic mass is 9.69. The van der Waals surface area contributed by atoms with E-state index in [1.165, 1.54) is 6.42 Å². The van der Waals surface area contributed by atoms with Crippen LogP contribution in [0.4, 0.5) is 0 Å². The van der Waals surface area contributed by atoms with Crippen LogP contribution in [0.1, 0.15) is 60.8 Å². The van der Waals surface area contributed by atoms with E-state index in [1.807, 2.05) is 13.8 Å². The summed E-state index contributed by atoms with van der Waals surface area (Å²) in [5, 5.41) is 2.87. The highest BCUT2D eigenvalue weighted by atomic mass is 16.5. The van der Waals surface area contributed by atoms with Gasteiger partial charge >= 0.3 is 5.97 Å². The second-order valence-corrected chi connectivity index (χ2v) is 7.69. The Morgan fingerprint density at radius 1 is 1.14 bits per heavy atom. The zero-order valence-electron chi connectivity index (χ0n) is 15.0. The summed E-state index contributed by atoms with van der Waals surface area (Å²) in [6.45, 7) is 12.7. The molecule has 0 saturated heterocycles. The average Bonchev–Trinajstić information content (AvgIpc) is 2.43. The summed E-state index contributed by atoms with van der Waals surface area (Å²) >= 11 is 0. The number of esters is 1. The van der Waals surface area contributed by atoms with E-state index in [2.05, 4.69) is 26.1 Å². The van der Waals surface area contributed by atoms with E-state index in [9.17, 15) is 9.59 Å². The van der Waals surface area contributed by atoms with Gasteiger partial charge in [0.15, 0.2) is 0 Å². The van der Waals surface area contributed by atoms with Gasteiger partial charge in [-0.25, -0.2) is 4.79 Å². The van der Waals surface area contributed by atoms with Gasteiger partial charge in [0.25, 0.3) is 0 Å². The molecule has 0 bridgehead atoms. The van der Waals surface area contributed by atoms with Crippen molar-refractivity contribution in [1.29, 1.82) is 0 Å². The van der Waals surface area contributed by atoms with Crippen molar-refractivity contribution in [2.75, 3.05) is 6.61 Å². The van der Waals surface area contributed by atoms with E-state index < -0.39 is 6.04 Å². The molecular formula is C18H33NO3. The highest BCUT2D eigenvalue weighted by molar-refractivity contribution is 5.85. The van der Waals surface area contributed by atoms with Gasteiger partial charge in [-0.15, -0.1) is 0 Å². The SMILES string of the molecule is CC(C)COC(=O)C(C)NC(=O)[C@@H]1C[C@H](C)CC[C@H]1C(C)C. The van der Waals surface area contributed by atoms with Crippen LogP contribution in [0.3, 0.4) is 0 Å². The highest BCUT2D eigenvalue weighted by Crippen LogP contribution is 2.38. The Kier molecular flexibility index (Phi) is 7.37. The molecular weight excluding hydrogens is 278 g/mol. The van der Waals surface area contributed by atoms with Gasteiger partial charge in [-0.3, -0.25) is 4.79 Å². The minimum absolute atomic E-state index is 0.0132. The Bertz CT molecular complexity index is 379. The lowest BCUT2D eigenvalue weighted by molar-refractivity contribution is -0.149. The van der Waals surface area contributed by atoms with Crippen molar-refractivity contribution in [3.63, 3.8) is 0 Å². The van der Waals surface area contributed by atoms with Crippen molar-refractivity contribution in [3.05, 3.63) is 0 Å². The number of hydrogen-bond donors (Lipinski definition) is 1. The molecule has 22 heavy (non-hydrogen) atoms. The lowest BCUT2D eigenvalue weighted by Crippen LogP contribution is -2.46. The maximum Gasteiger partial charge on any atom is 0.328 e. The molecule has 1 amide bonds. The largest absolute Gasteiger partial charge is 0.464 e. The van der Waals surface area contributed by atoms with Crippen molar-refractivity contribution in [1.82, 2.24) is 5.32 Å². The molecule has 0 spiro atoms. The minimum Gasteiger partial charge on any atom is -0.464 e. The smallest absolute Gasteiger partial charge is 0.328 e. The Morgan fingerprint density at radius 2 is 1.77 bits per heavy atom. The lowest BCUT2D eigenvalue weighted by Gasteiger charge is -2.36. The predicted octanol–water partition coefficient (Wildman–Crippen LogP) is 3.40. The maximum atomic E-state index is 12.6. The topological polar surface area (TPSA) is 55.4 Å². The van der Waals surface area contributed by atoms with E-state index >= 15 is 0 Å². The summed E-state index contributed by atoms with van der Waals surface area (Å²) in [4.78, 5) is 24.5. The molecule has 1 aliphatic rings. The fourth-order valence-corrected chi connectivity index (χ4v) is 3.26. The van der Waals surface area contributed by atoms with Crippen molar-refractivity contribution in [2.45, 2.75) is 66.8 Å². The van der Waals surface area contributed by atoms with Crippen LogP contribution in [0.25, 0.3) is 0 Å². The fraction of sp³-hybridized carbons (Fsp3) is 0.889. The van der Waals surface area contributed by atoms with Gasteiger partial charge in [0, 0.05) is 5.92 Å². The molecule has 4 heteroatoms. The van der Waals surface area contributed by atoms with Gasteiger partial charge < -0.3 is 10.1 Å². The molecule has 0 radical (unpaired) electrons. The summed E-state index contributed by atoms with van der Waals surface area (Å²) in [6, 6.07) is -0.573. The first-order chi connectivity index (χ1) is 10.2. The molecule has 4 atom stereocenters. The molecule has 1 aliphatic carbocycles. The van der Waals surface area contributed by atoms with Crippen LogP contribution in [0.15, 0.2) is 0 Å². The van der Waals surface area contributed by atoms with Gasteiger partial charge in [0.2, 0.25) is 5.91 Å². The second kappa shape index (κ2) is 8.54. The number of ether oxygens (including phenoxy) is 1. The molecule has 1 saturated carbocycles. The number of carbonyl (C=O) groups excluding carboxylic acids is 2. The Morgan fingerprint density at radius 3 is 2.32 bits per heavy atom. The molecule has 1 fully saturated rings. The van der Waals surface area contributed by atoms with Gasteiger partial charge in [-0.1, -0.05) is 41.0 Å². The number of nitrogens with one attached hydrogen (secondary N) is 1. The normalized spacial score (nSPS) is 26.8. The minimum atomic E-state index is -0.573. The number of hydrogen-bond acceptors (Lipinski definition) is 3. The Labute approximate surface area is 135 Å². The van der Waals surface area contributed by atoms with Gasteiger partial charge in [0.1, 0.15) is 6.04 Å². The van der Waals surface area contributed by atoms with E-state index in [0.717, 1.165) is 12.8 Å². The van der Waals surface area contributed by atoms with Crippen molar-refractivity contribution in [2.24, 2.45) is 29.6 Å². The van der Waals surface area contributed by atoms with Crippen LogP contribution in [0.2, 0.25) is 0 Å². The van der Waals surface area contributed by atoms with Crippen molar-refractivity contribution in [3.8, 4) is 0 Å². The summed E-state index contributed by atoms with van der Waals surface area (Å²) in [7, 11) is 0. The first-order valence-electron chi connectivity index (χ1n) is 8.69. The summed E-state index contributed by atoms with van der Waals surface area (Å²) in [5.41, 5.74) is 0. The van der Waals surface area contributed by atoms with E-state index in [0.29, 0.717) is 30.3 Å². The van der Waals surface area contributed by atoms with Crippen molar-refractivity contribution < 1.29 is 14.3 Å². The Balaban J connectivity index is 2.59. The molecule has 0 aliphatic heterocycles. The standard InChI is InChI=1S/C18H33NO3/c1-11(2)10-22-18(21)14(6)19-17(20)16-9-13(5)7-8-15(16)12(3)4/h11-16H,7-10H2,1-6H3,(H,19,20)/t13-,14?,15+,16-/m1/s1. The van der Waals surface area contributed by atoms with Crippen LogP contribution in [0.5, 0.6) is 0 Å². The average molecular weight is 311 g/mol. The van der Waals surface area contributed by atoms with Crippen molar-refractivity contribution >= 4 is 11.9 Å². The van der Waals surface area contributed by atoms with Gasteiger partial charge in [-0.05, 0) is 43.4 Å². The van der Waals surface area contributed by atoms with Crippen LogP contribution >= 0.6 is 0 Å². The number of rotatable bonds is 6. The van der Waals surface area contributed by atoms with Gasteiger partial charge in [0.05, 0.1) is 6.61 Å². The molecule has 0 heterocycles. The monoisotopic (exact) mass is 311 g/mol. The third-order valence-corrected chi connectivity index (χ3v) is 4.63. The molecule has 1 N–H and O–H groups in total. The summed E-state index contributed by atoms with van der Waals surface area (Å²) < 4.78 is 5.20. The summed E-state index contributed by atoms with van der Waals surface area (Å²) in [5.74, 6) is 1.47. The third-order valence-electron chi connectivity index (χ3n) is 4.63. The van der Waals surface area contributed by atoms with Crippen LogP contribution < -0.4 is 5.32 Å². The van der Waals surface area contributed by atoms with Gasteiger partial charge in [-0.2, -0.15) is 0 Å². The fourth-order valence-electron chi connectivity index (χ4n) is 3.26. The molecule has 0 aromatic carbocycles. The zero-order chi connectivity index (χ0) is 16.9. The molecule has 4 nitrogen and oxygen atoms in total. The third kappa shape index (κ3) is 5.62. The van der Waals surface area contributed by atoms with E-state index in [-0.39, 0.29) is 17.8 Å². The first kappa shape index (κ1) is 19.0. The number of amides is 1. The van der Waals surface area contributed by atoms with E-state index in [1.54, 1.807) is 6.92 Å². The maximum absolute atomic E-state index is 12.6. The van der Waals surface area contributed by atoms with Crippen LogP contribution in [-0.2, 0) is 14.3 Å². The molecule has 0 aromatic heterocycles. The molecule has 1 rings (SSSR count). The molecule has 1 unspecified atom stereocenters. The number of carbonyl (C=O) groups is 2.